The molecule has 2 aliphatic heterocycles. The van der Waals surface area contributed by atoms with Crippen LogP contribution in [0.3, 0.4) is 0 Å². The van der Waals surface area contributed by atoms with E-state index in [1.165, 1.54) is 22.7 Å². The van der Waals surface area contributed by atoms with Crippen LogP contribution in [0.15, 0.2) is 12.2 Å². The molecule has 8 heteroatoms. The molecule has 6 nitrogen and oxygen atoms in total. The Morgan fingerprint density at radius 2 is 2.12 bits per heavy atom. The van der Waals surface area contributed by atoms with Crippen molar-refractivity contribution in [3.8, 4) is 0 Å². The van der Waals surface area contributed by atoms with Gasteiger partial charge in [-0.25, -0.2) is 9.59 Å². The van der Waals surface area contributed by atoms with E-state index >= 15 is 0 Å². The summed E-state index contributed by atoms with van der Waals surface area (Å²) in [5.41, 5.74) is 0. The van der Waals surface area contributed by atoms with Crippen molar-refractivity contribution in [1.82, 2.24) is 4.90 Å². The van der Waals surface area contributed by atoms with Crippen molar-refractivity contribution < 1.29 is 55.6 Å². The molecule has 2 unspecified atom stereocenters. The molecule has 0 bridgehead atoms. The van der Waals surface area contributed by atoms with E-state index in [-0.39, 0.29) is 42.3 Å². The molecule has 1 amide bonds. The number of aliphatic carboxylic acids is 2. The van der Waals surface area contributed by atoms with Crippen molar-refractivity contribution in [1.29, 1.82) is 0 Å². The van der Waals surface area contributed by atoms with Gasteiger partial charge in [0.15, 0.2) is 0 Å². The van der Waals surface area contributed by atoms with Crippen LogP contribution in [-0.2, 0) is 14.4 Å². The summed E-state index contributed by atoms with van der Waals surface area (Å²) in [6, 6.07) is -0.938. The maximum atomic E-state index is 11.2. The molecule has 0 aromatic rings. The summed E-state index contributed by atoms with van der Waals surface area (Å²) < 4.78 is 0. The second-order valence-electron chi connectivity index (χ2n) is 3.54. The van der Waals surface area contributed by atoms with E-state index in [1.807, 2.05) is 0 Å². The van der Waals surface area contributed by atoms with Gasteiger partial charge in [-0.2, -0.15) is 0 Å². The molecule has 2 N–H and O–H groups in total. The van der Waals surface area contributed by atoms with E-state index in [0.717, 1.165) is 6.08 Å². The standard InChI is InChI=1S/C9H9NO5S.Na.H/c11-5-3-6-10(5)8(9(14)15)4(16-6)1-2-7(12)13;;/h1-2,4,6,8H,3H2,(H,12,13)(H,14,15);;/q;+1;-1/b2-1+;;/t4?,6-,8?;;/m1../s1. The maximum absolute atomic E-state index is 11.2. The quantitative estimate of drug-likeness (QED) is 0.319. The summed E-state index contributed by atoms with van der Waals surface area (Å²) in [7, 11) is 0. The smallest absolute Gasteiger partial charge is 1.00 e. The van der Waals surface area contributed by atoms with E-state index < -0.39 is 23.2 Å². The predicted molar refractivity (Wildman–Crippen MR) is 55.9 cm³/mol. The number of fused-ring (bicyclic) bond motifs is 1. The number of amides is 1. The summed E-state index contributed by atoms with van der Waals surface area (Å²) in [5.74, 6) is -2.40. The molecule has 17 heavy (non-hydrogen) atoms. The Morgan fingerprint density at radius 3 is 2.59 bits per heavy atom. The molecule has 2 fully saturated rings. The number of thioether (sulfide) groups is 1. The number of nitrogens with zero attached hydrogens (tertiary/aromatic N) is 1. The first-order chi connectivity index (χ1) is 7.50. The molecule has 88 valence electrons. The van der Waals surface area contributed by atoms with Crippen molar-refractivity contribution in [2.45, 2.75) is 23.1 Å². The first kappa shape index (κ1) is 14.6. The third-order valence-electron chi connectivity index (χ3n) is 2.55. The fraction of sp³-hybridized carbons (Fsp3) is 0.444. The second kappa shape index (κ2) is 5.43. The van der Waals surface area contributed by atoms with Crippen LogP contribution < -0.4 is 29.6 Å². The summed E-state index contributed by atoms with van der Waals surface area (Å²) in [4.78, 5) is 33.9. The van der Waals surface area contributed by atoms with Crippen LogP contribution in [0.25, 0.3) is 0 Å². The summed E-state index contributed by atoms with van der Waals surface area (Å²) in [5, 5.41) is 16.9. The van der Waals surface area contributed by atoms with Crippen LogP contribution in [0.1, 0.15) is 7.85 Å². The van der Waals surface area contributed by atoms with E-state index in [2.05, 4.69) is 0 Å². The van der Waals surface area contributed by atoms with Gasteiger partial charge in [-0.1, -0.05) is 6.08 Å². The Bertz CT molecular complexity index is 404. The van der Waals surface area contributed by atoms with Crippen molar-refractivity contribution in [3.63, 3.8) is 0 Å². The molecular weight excluding hydrogens is 257 g/mol. The van der Waals surface area contributed by atoms with Gasteiger partial charge in [-0.15, -0.1) is 11.8 Å². The SMILES string of the molecule is O=C(O)/C=C/C1S[C@@H]2CC(=O)N2C1C(=O)O.[H-].[Na+]. The minimum absolute atomic E-state index is 0. The Hall–Kier alpha value is -0.500. The van der Waals surface area contributed by atoms with E-state index in [0.29, 0.717) is 6.42 Å². The zero-order chi connectivity index (χ0) is 11.9. The average molecular weight is 267 g/mol. The van der Waals surface area contributed by atoms with Crippen LogP contribution in [0.5, 0.6) is 0 Å². The summed E-state index contributed by atoms with van der Waals surface area (Å²) >= 11 is 1.32. The molecule has 2 heterocycles. The van der Waals surface area contributed by atoms with E-state index in [9.17, 15) is 14.4 Å². The van der Waals surface area contributed by atoms with Crippen molar-refractivity contribution in [2.75, 3.05) is 0 Å². The maximum Gasteiger partial charge on any atom is 1.00 e. The largest absolute Gasteiger partial charge is 1.00 e. The predicted octanol–water partition coefficient (Wildman–Crippen LogP) is -3.13. The minimum atomic E-state index is -1.12. The Balaban J connectivity index is 0.00000144. The normalized spacial score (nSPS) is 30.7. The zero-order valence-corrected chi connectivity index (χ0v) is 11.9. The van der Waals surface area contributed by atoms with Crippen molar-refractivity contribution >= 4 is 29.6 Å². The second-order valence-corrected chi connectivity index (χ2v) is 4.90. The van der Waals surface area contributed by atoms with Gasteiger partial charge in [-0.3, -0.25) is 4.79 Å². The number of carboxylic acid groups (broad SMARTS) is 2. The van der Waals surface area contributed by atoms with E-state index in [4.69, 9.17) is 10.2 Å². The monoisotopic (exact) mass is 267 g/mol. The molecule has 0 saturated carbocycles. The van der Waals surface area contributed by atoms with Gasteiger partial charge < -0.3 is 16.5 Å². The zero-order valence-electron chi connectivity index (χ0n) is 10.1. The van der Waals surface area contributed by atoms with Crippen molar-refractivity contribution in [3.05, 3.63) is 12.2 Å². The number of β-lactam (4-membered cyclic amide) rings is 1. The van der Waals surface area contributed by atoms with Crippen molar-refractivity contribution in [2.24, 2.45) is 0 Å². The summed E-state index contributed by atoms with van der Waals surface area (Å²) in [6.07, 6.45) is 2.59. The Labute approximate surface area is 125 Å². The Kier molecular flexibility index (Phi) is 4.65. The van der Waals surface area contributed by atoms with Crippen LogP contribution in [0, 0.1) is 0 Å². The minimum Gasteiger partial charge on any atom is -1.00 e. The molecule has 2 rings (SSSR count). The number of carbonyl (C=O) groups excluding carboxylic acids is 1. The van der Waals surface area contributed by atoms with Gasteiger partial charge in [-0.05, 0) is 0 Å². The van der Waals surface area contributed by atoms with Crippen LogP contribution in [0.4, 0.5) is 0 Å². The Morgan fingerprint density at radius 1 is 1.47 bits per heavy atom. The molecule has 2 aliphatic rings. The number of carboxylic acids is 2. The molecule has 3 atom stereocenters. The first-order valence-corrected chi connectivity index (χ1v) is 5.55. The molecule has 0 aromatic carbocycles. The molecular formula is C9H10NNaO5S. The molecule has 0 aromatic heterocycles. The summed E-state index contributed by atoms with van der Waals surface area (Å²) in [6.45, 7) is 0. The van der Waals surface area contributed by atoms with Gasteiger partial charge in [0.1, 0.15) is 6.04 Å². The number of hydrogen-bond acceptors (Lipinski definition) is 4. The fourth-order valence-electron chi connectivity index (χ4n) is 1.85. The van der Waals surface area contributed by atoms with Gasteiger partial charge >= 0.3 is 41.5 Å². The van der Waals surface area contributed by atoms with Gasteiger partial charge in [0.05, 0.1) is 17.0 Å². The average Bonchev–Trinajstić information content (AvgIpc) is 2.47. The number of rotatable bonds is 3. The third kappa shape index (κ3) is 2.67. The topological polar surface area (TPSA) is 94.9 Å². The first-order valence-electron chi connectivity index (χ1n) is 4.61. The molecule has 0 aliphatic carbocycles. The van der Waals surface area contributed by atoms with Crippen LogP contribution >= 0.6 is 11.8 Å². The molecule has 0 radical (unpaired) electrons. The number of hydrogen-bond donors (Lipinski definition) is 2. The third-order valence-corrected chi connectivity index (χ3v) is 3.99. The molecule has 0 spiro atoms. The fourth-order valence-corrected chi connectivity index (χ4v) is 3.40. The van der Waals surface area contributed by atoms with E-state index in [1.54, 1.807) is 0 Å². The van der Waals surface area contributed by atoms with Gasteiger partial charge in [0, 0.05) is 6.08 Å². The number of carbonyl (C=O) groups is 3. The van der Waals surface area contributed by atoms with Crippen LogP contribution in [0.2, 0.25) is 0 Å². The van der Waals surface area contributed by atoms with Gasteiger partial charge in [0.2, 0.25) is 5.91 Å². The van der Waals surface area contributed by atoms with Crippen LogP contribution in [-0.4, -0.2) is 49.6 Å². The molecule has 2 saturated heterocycles. The van der Waals surface area contributed by atoms with Gasteiger partial charge in [0.25, 0.3) is 0 Å².